The maximum atomic E-state index is 12.2. The number of nitrogens with two attached hydrogens (primary N) is 1. The number of aliphatic hydroxyl groups excluding tert-OH is 2. The van der Waals surface area contributed by atoms with E-state index in [2.05, 4.69) is 25.6 Å². The molecule has 182 valence electrons. The first-order valence-corrected chi connectivity index (χ1v) is 11.1. The number of nitrogens with zero attached hydrogens (tertiary/aromatic N) is 4. The van der Waals surface area contributed by atoms with Crippen LogP contribution in [0.25, 0.3) is 11.2 Å². The Hall–Kier alpha value is -2.99. The van der Waals surface area contributed by atoms with Crippen LogP contribution in [0, 0.1) is 5.92 Å². The molecule has 0 bridgehead atoms. The van der Waals surface area contributed by atoms with Crippen LogP contribution in [0.15, 0.2) is 12.7 Å². The third-order valence-electron chi connectivity index (χ3n) is 5.54. The number of carbonyl (C=O) groups is 2. The van der Waals surface area contributed by atoms with E-state index in [4.69, 9.17) is 10.5 Å². The fourth-order valence-electron chi connectivity index (χ4n) is 3.99. The van der Waals surface area contributed by atoms with Crippen molar-refractivity contribution in [2.24, 2.45) is 5.92 Å². The Morgan fingerprint density at radius 2 is 1.97 bits per heavy atom. The number of hydrogen-bond acceptors (Lipinski definition) is 9. The van der Waals surface area contributed by atoms with Gasteiger partial charge < -0.3 is 35.9 Å². The van der Waals surface area contributed by atoms with Crippen LogP contribution in [0.4, 0.5) is 10.6 Å². The number of nitrogens with one attached hydrogen (secondary N) is 2. The summed E-state index contributed by atoms with van der Waals surface area (Å²) in [5.74, 6) is -0.240. The molecule has 33 heavy (non-hydrogen) atoms. The lowest BCUT2D eigenvalue weighted by Gasteiger charge is -2.22. The van der Waals surface area contributed by atoms with E-state index in [-0.39, 0.29) is 24.2 Å². The van der Waals surface area contributed by atoms with Gasteiger partial charge in [0.25, 0.3) is 0 Å². The second-order valence-electron chi connectivity index (χ2n) is 9.32. The third-order valence-corrected chi connectivity index (χ3v) is 5.54. The molecule has 2 heterocycles. The van der Waals surface area contributed by atoms with Crippen LogP contribution in [0.2, 0.25) is 0 Å². The Bertz CT molecular complexity index is 974. The first kappa shape index (κ1) is 24.6. The maximum Gasteiger partial charge on any atom is 0.407 e. The van der Waals surface area contributed by atoms with Crippen molar-refractivity contribution in [3.05, 3.63) is 12.7 Å². The lowest BCUT2D eigenvalue weighted by Crippen LogP contribution is -2.35. The molecule has 6 N–H and O–H groups in total. The Kier molecular flexibility index (Phi) is 7.69. The predicted octanol–water partition coefficient (Wildman–Crippen LogP) is 0.503. The summed E-state index contributed by atoms with van der Waals surface area (Å²) < 4.78 is 6.77. The first-order chi connectivity index (χ1) is 15.6. The number of fused-ring (bicyclic) bond motifs is 1. The number of imidazole rings is 1. The molecule has 1 saturated carbocycles. The minimum Gasteiger partial charge on any atom is -0.444 e. The van der Waals surface area contributed by atoms with Crippen molar-refractivity contribution in [2.75, 3.05) is 18.8 Å². The van der Waals surface area contributed by atoms with Crippen LogP contribution in [0.5, 0.6) is 0 Å². The molecule has 2 amide bonds. The second-order valence-corrected chi connectivity index (χ2v) is 9.32. The molecule has 0 radical (unpaired) electrons. The highest BCUT2D eigenvalue weighted by Crippen LogP contribution is 2.36. The van der Waals surface area contributed by atoms with Crippen LogP contribution in [-0.4, -0.2) is 72.6 Å². The fourth-order valence-corrected chi connectivity index (χ4v) is 3.99. The zero-order chi connectivity index (χ0) is 24.2. The number of anilines is 1. The predicted molar refractivity (Wildman–Crippen MR) is 120 cm³/mol. The summed E-state index contributed by atoms with van der Waals surface area (Å²) >= 11 is 0. The number of alkyl carbamates (subject to hydrolysis) is 1. The summed E-state index contributed by atoms with van der Waals surface area (Å²) in [6, 6.07) is -0.648. The second kappa shape index (κ2) is 10.3. The van der Waals surface area contributed by atoms with E-state index in [9.17, 15) is 19.8 Å². The minimum absolute atomic E-state index is 0.147. The van der Waals surface area contributed by atoms with Gasteiger partial charge in [0.15, 0.2) is 11.5 Å². The standard InChI is InChI=1S/C21H33N7O5/c1-21(2,3)33-20(32)23-7-5-4-6-14(30)24-9-12-8-13(29)16(17(12)31)28-11-27-15-18(22)25-10-26-19(15)28/h10-13,16-17,29,31H,4-9H2,1-3H3,(H,23,32)(H,24,30)(H2,22,25,26)/t12-,13-,16+,17+/m0/s1. The molecular weight excluding hydrogens is 430 g/mol. The number of rotatable bonds is 8. The quantitative estimate of drug-likeness (QED) is 0.349. The van der Waals surface area contributed by atoms with Gasteiger partial charge in [0.2, 0.25) is 5.91 Å². The molecule has 1 fully saturated rings. The molecular formula is C21H33N7O5. The van der Waals surface area contributed by atoms with E-state index in [0.29, 0.717) is 43.4 Å². The van der Waals surface area contributed by atoms with Crippen LogP contribution in [-0.2, 0) is 9.53 Å². The van der Waals surface area contributed by atoms with Crippen molar-refractivity contribution in [3.8, 4) is 0 Å². The van der Waals surface area contributed by atoms with E-state index < -0.39 is 29.9 Å². The van der Waals surface area contributed by atoms with Gasteiger partial charge in [0.1, 0.15) is 17.4 Å². The summed E-state index contributed by atoms with van der Waals surface area (Å²) in [5, 5.41) is 26.9. The first-order valence-electron chi connectivity index (χ1n) is 11.1. The number of aromatic nitrogens is 4. The molecule has 2 aromatic rings. The SMILES string of the molecule is CC(C)(C)OC(=O)NCCCCC(=O)NC[C@@H]1C[C@H](O)[C@@H](n2cnc3c(N)ncnc32)[C@@H]1O. The van der Waals surface area contributed by atoms with Crippen molar-refractivity contribution in [3.63, 3.8) is 0 Å². The van der Waals surface area contributed by atoms with Gasteiger partial charge in [-0.3, -0.25) is 4.79 Å². The van der Waals surface area contributed by atoms with Crippen LogP contribution < -0.4 is 16.4 Å². The van der Waals surface area contributed by atoms with Crippen molar-refractivity contribution in [2.45, 2.75) is 70.3 Å². The zero-order valence-corrected chi connectivity index (χ0v) is 19.2. The Balaban J connectivity index is 1.42. The molecule has 12 nitrogen and oxygen atoms in total. The molecule has 0 saturated heterocycles. The smallest absolute Gasteiger partial charge is 0.407 e. The van der Waals surface area contributed by atoms with Crippen molar-refractivity contribution >= 4 is 29.0 Å². The Labute approximate surface area is 191 Å². The molecule has 1 aliphatic rings. The summed E-state index contributed by atoms with van der Waals surface area (Å²) in [5.41, 5.74) is 6.12. The maximum absolute atomic E-state index is 12.2. The van der Waals surface area contributed by atoms with Crippen LogP contribution >= 0.6 is 0 Å². The van der Waals surface area contributed by atoms with Crippen molar-refractivity contribution in [1.29, 1.82) is 0 Å². The number of unbranched alkanes of at least 4 members (excludes halogenated alkanes) is 1. The number of aliphatic hydroxyl groups is 2. The van der Waals surface area contributed by atoms with Gasteiger partial charge in [-0.05, 0) is 40.0 Å². The molecule has 1 aliphatic carbocycles. The van der Waals surface area contributed by atoms with Gasteiger partial charge in [-0.1, -0.05) is 0 Å². The van der Waals surface area contributed by atoms with Gasteiger partial charge in [-0.15, -0.1) is 0 Å². The van der Waals surface area contributed by atoms with Gasteiger partial charge >= 0.3 is 6.09 Å². The van der Waals surface area contributed by atoms with Gasteiger partial charge in [-0.25, -0.2) is 19.7 Å². The number of ether oxygens (including phenoxy) is 1. The average Bonchev–Trinajstić information content (AvgIpc) is 3.26. The molecule has 3 rings (SSSR count). The number of amides is 2. The normalized spacial score (nSPS) is 22.9. The lowest BCUT2D eigenvalue weighted by molar-refractivity contribution is -0.121. The lowest BCUT2D eigenvalue weighted by atomic mass is 10.0. The Morgan fingerprint density at radius 3 is 2.70 bits per heavy atom. The van der Waals surface area contributed by atoms with Gasteiger partial charge in [0, 0.05) is 25.4 Å². The number of hydrogen-bond donors (Lipinski definition) is 5. The highest BCUT2D eigenvalue weighted by molar-refractivity contribution is 5.81. The van der Waals surface area contributed by atoms with E-state index in [0.717, 1.165) is 0 Å². The zero-order valence-electron chi connectivity index (χ0n) is 19.2. The van der Waals surface area contributed by atoms with E-state index >= 15 is 0 Å². The summed E-state index contributed by atoms with van der Waals surface area (Å²) in [6.45, 7) is 6.04. The third kappa shape index (κ3) is 6.29. The summed E-state index contributed by atoms with van der Waals surface area (Å²) in [4.78, 5) is 36.0. The van der Waals surface area contributed by atoms with Crippen molar-refractivity contribution in [1.82, 2.24) is 30.2 Å². The highest BCUT2D eigenvalue weighted by Gasteiger charge is 2.43. The van der Waals surface area contributed by atoms with Crippen LogP contribution in [0.1, 0.15) is 52.5 Å². The monoisotopic (exact) mass is 463 g/mol. The van der Waals surface area contributed by atoms with Crippen molar-refractivity contribution < 1.29 is 24.5 Å². The molecule has 0 unspecified atom stereocenters. The minimum atomic E-state index is -0.896. The molecule has 2 aromatic heterocycles. The molecule has 0 aromatic carbocycles. The molecule has 4 atom stereocenters. The van der Waals surface area contributed by atoms with Crippen LogP contribution in [0.3, 0.4) is 0 Å². The molecule has 0 aliphatic heterocycles. The number of carbonyl (C=O) groups excluding carboxylic acids is 2. The summed E-state index contributed by atoms with van der Waals surface area (Å²) in [7, 11) is 0. The van der Waals surface area contributed by atoms with Gasteiger partial charge in [0.05, 0.1) is 24.6 Å². The van der Waals surface area contributed by atoms with E-state index in [1.54, 1.807) is 25.3 Å². The fraction of sp³-hybridized carbons (Fsp3) is 0.667. The summed E-state index contributed by atoms with van der Waals surface area (Å²) in [6.07, 6.45) is 2.46. The number of nitrogen functional groups attached to an aromatic ring is 1. The van der Waals surface area contributed by atoms with E-state index in [1.807, 2.05) is 0 Å². The molecule has 0 spiro atoms. The Morgan fingerprint density at radius 1 is 1.21 bits per heavy atom. The molecule has 12 heteroatoms. The largest absolute Gasteiger partial charge is 0.444 e. The highest BCUT2D eigenvalue weighted by atomic mass is 16.6. The van der Waals surface area contributed by atoms with E-state index in [1.165, 1.54) is 12.7 Å². The average molecular weight is 464 g/mol. The topological polar surface area (TPSA) is 178 Å². The van der Waals surface area contributed by atoms with Gasteiger partial charge in [-0.2, -0.15) is 0 Å².